The number of aromatic amines is 1. The minimum absolute atomic E-state index is 0.196. The van der Waals surface area contributed by atoms with Gasteiger partial charge in [0.05, 0.1) is 5.69 Å². The fraction of sp³-hybridized carbons (Fsp3) is 0.158. The van der Waals surface area contributed by atoms with Gasteiger partial charge in [-0.25, -0.2) is 4.79 Å². The lowest BCUT2D eigenvalue weighted by atomic mass is 10.1. The van der Waals surface area contributed by atoms with Gasteiger partial charge in [0.25, 0.3) is 0 Å². The highest BCUT2D eigenvalue weighted by Crippen LogP contribution is 2.31. The smallest absolute Gasteiger partial charge is 0.319 e. The number of aromatic nitrogens is 1. The van der Waals surface area contributed by atoms with Gasteiger partial charge in [0.2, 0.25) is 5.78 Å². The average molecular weight is 356 g/mol. The van der Waals surface area contributed by atoms with Crippen LogP contribution in [0.4, 0.5) is 10.5 Å². The van der Waals surface area contributed by atoms with Crippen molar-refractivity contribution in [3.05, 3.63) is 64.8 Å². The molecule has 6 heteroatoms. The maximum atomic E-state index is 12.9. The Morgan fingerprint density at radius 1 is 1.12 bits per heavy atom. The summed E-state index contributed by atoms with van der Waals surface area (Å²) in [5.74, 6) is -0.196. The first-order valence-corrected chi connectivity index (χ1v) is 8.43. The van der Waals surface area contributed by atoms with Crippen molar-refractivity contribution < 1.29 is 9.59 Å². The van der Waals surface area contributed by atoms with Crippen LogP contribution in [0.5, 0.6) is 0 Å². The Hall–Kier alpha value is -2.79. The van der Waals surface area contributed by atoms with Gasteiger partial charge in [0.1, 0.15) is 5.69 Å². The molecule has 0 aliphatic rings. The fourth-order valence-electron chi connectivity index (χ4n) is 2.60. The van der Waals surface area contributed by atoms with Crippen LogP contribution >= 0.6 is 11.6 Å². The predicted molar refractivity (Wildman–Crippen MR) is 100 cm³/mol. The van der Waals surface area contributed by atoms with E-state index in [0.717, 1.165) is 11.8 Å². The van der Waals surface area contributed by atoms with Gasteiger partial charge in [-0.15, -0.1) is 0 Å². The van der Waals surface area contributed by atoms with E-state index in [0.29, 0.717) is 34.0 Å². The number of anilines is 1. The second-order valence-corrected chi connectivity index (χ2v) is 6.08. The number of hydrogen-bond donors (Lipinski definition) is 3. The summed E-state index contributed by atoms with van der Waals surface area (Å²) in [5, 5.41) is 6.83. The minimum Gasteiger partial charge on any atom is -0.350 e. The van der Waals surface area contributed by atoms with Crippen molar-refractivity contribution in [3.8, 4) is 0 Å². The molecule has 0 saturated carbocycles. The largest absolute Gasteiger partial charge is 0.350 e. The molecule has 128 valence electrons. The summed E-state index contributed by atoms with van der Waals surface area (Å²) in [6, 6.07) is 13.8. The van der Waals surface area contributed by atoms with Crippen LogP contribution in [0.2, 0.25) is 5.02 Å². The number of amides is 2. The van der Waals surface area contributed by atoms with Crippen LogP contribution in [-0.2, 0) is 0 Å². The van der Waals surface area contributed by atoms with Gasteiger partial charge >= 0.3 is 6.03 Å². The number of nitrogens with one attached hydrogen (secondary N) is 3. The molecule has 0 aliphatic carbocycles. The van der Waals surface area contributed by atoms with Crippen molar-refractivity contribution in [3.63, 3.8) is 0 Å². The second kappa shape index (κ2) is 7.40. The molecule has 0 fully saturated rings. The van der Waals surface area contributed by atoms with Crippen LogP contribution in [-0.4, -0.2) is 23.3 Å². The number of halogens is 1. The normalized spacial score (nSPS) is 10.6. The number of benzene rings is 2. The zero-order chi connectivity index (χ0) is 17.8. The first-order chi connectivity index (χ1) is 12.1. The number of carbonyl (C=O) groups excluding carboxylic acids is 2. The molecule has 0 atom stereocenters. The van der Waals surface area contributed by atoms with Crippen LogP contribution < -0.4 is 10.6 Å². The topological polar surface area (TPSA) is 74.0 Å². The van der Waals surface area contributed by atoms with Crippen LogP contribution in [0.15, 0.2) is 48.5 Å². The van der Waals surface area contributed by atoms with E-state index in [-0.39, 0.29) is 11.8 Å². The molecule has 1 aromatic heterocycles. The molecule has 0 spiro atoms. The van der Waals surface area contributed by atoms with E-state index in [1.54, 1.807) is 42.5 Å². The lowest BCUT2D eigenvalue weighted by Gasteiger charge is -2.08. The van der Waals surface area contributed by atoms with E-state index in [4.69, 9.17) is 11.6 Å². The maximum Gasteiger partial charge on any atom is 0.319 e. The second-order valence-electron chi connectivity index (χ2n) is 5.64. The molecule has 1 heterocycles. The van der Waals surface area contributed by atoms with Crippen molar-refractivity contribution in [2.75, 3.05) is 11.9 Å². The third-order valence-corrected chi connectivity index (χ3v) is 4.03. The Kier molecular flexibility index (Phi) is 5.05. The molecule has 2 aromatic carbocycles. The Bertz CT molecular complexity index is 919. The highest BCUT2D eigenvalue weighted by atomic mass is 35.5. The van der Waals surface area contributed by atoms with Crippen molar-refractivity contribution in [2.45, 2.75) is 13.3 Å². The number of carbonyl (C=O) groups is 2. The Balaban J connectivity index is 2.05. The zero-order valence-electron chi connectivity index (χ0n) is 13.7. The molecule has 0 unspecified atom stereocenters. The number of urea groups is 1. The van der Waals surface area contributed by atoms with Gasteiger partial charge in [-0.1, -0.05) is 48.9 Å². The van der Waals surface area contributed by atoms with E-state index in [1.165, 1.54) is 0 Å². The molecule has 0 saturated heterocycles. The van der Waals surface area contributed by atoms with Gasteiger partial charge < -0.3 is 15.6 Å². The predicted octanol–water partition coefficient (Wildman–Crippen LogP) is 4.58. The molecule has 2 amide bonds. The van der Waals surface area contributed by atoms with Gasteiger partial charge in [0, 0.05) is 28.0 Å². The monoisotopic (exact) mass is 355 g/mol. The molecule has 3 aromatic rings. The van der Waals surface area contributed by atoms with Crippen LogP contribution in [0.3, 0.4) is 0 Å². The minimum atomic E-state index is -0.347. The van der Waals surface area contributed by atoms with Crippen molar-refractivity contribution >= 4 is 40.0 Å². The summed E-state index contributed by atoms with van der Waals surface area (Å²) < 4.78 is 0. The summed E-state index contributed by atoms with van der Waals surface area (Å²) in [7, 11) is 0. The summed E-state index contributed by atoms with van der Waals surface area (Å²) in [4.78, 5) is 28.1. The number of H-pyrrole nitrogens is 1. The third kappa shape index (κ3) is 3.67. The molecule has 0 bridgehead atoms. The van der Waals surface area contributed by atoms with Crippen molar-refractivity contribution in [1.82, 2.24) is 10.3 Å². The van der Waals surface area contributed by atoms with Gasteiger partial charge in [0.15, 0.2) is 0 Å². The average Bonchev–Trinajstić information content (AvgIpc) is 2.97. The Morgan fingerprint density at radius 2 is 1.88 bits per heavy atom. The standard InChI is InChI=1S/C19H18ClN3O2/c1-2-10-21-19(25)23-16-14-9-8-13(20)11-15(14)22-17(16)18(24)12-6-4-3-5-7-12/h3-9,11,22H,2,10H2,1H3,(H2,21,23,25). The molecule has 5 nitrogen and oxygen atoms in total. The summed E-state index contributed by atoms with van der Waals surface area (Å²) in [5.41, 5.74) is 2.01. The zero-order valence-corrected chi connectivity index (χ0v) is 14.5. The van der Waals surface area contributed by atoms with E-state index in [2.05, 4.69) is 15.6 Å². The number of ketones is 1. The SMILES string of the molecule is CCCNC(=O)Nc1c(C(=O)c2ccccc2)[nH]c2cc(Cl)ccc12. The number of hydrogen-bond acceptors (Lipinski definition) is 2. The number of fused-ring (bicyclic) bond motifs is 1. The molecule has 3 N–H and O–H groups in total. The summed E-state index contributed by atoms with van der Waals surface area (Å²) in [6.07, 6.45) is 0.826. The quantitative estimate of drug-likeness (QED) is 0.586. The molecule has 3 rings (SSSR count). The molecule has 0 radical (unpaired) electrons. The Labute approximate surface area is 150 Å². The number of rotatable bonds is 5. The van der Waals surface area contributed by atoms with Gasteiger partial charge in [-0.05, 0) is 24.6 Å². The first kappa shape index (κ1) is 17.0. The Morgan fingerprint density at radius 3 is 2.60 bits per heavy atom. The summed E-state index contributed by atoms with van der Waals surface area (Å²) >= 11 is 6.05. The van der Waals surface area contributed by atoms with Gasteiger partial charge in [-0.3, -0.25) is 4.79 Å². The van der Waals surface area contributed by atoms with E-state index in [1.807, 2.05) is 13.0 Å². The van der Waals surface area contributed by atoms with Gasteiger partial charge in [-0.2, -0.15) is 0 Å². The maximum absolute atomic E-state index is 12.9. The van der Waals surface area contributed by atoms with Crippen molar-refractivity contribution in [2.24, 2.45) is 0 Å². The highest BCUT2D eigenvalue weighted by molar-refractivity contribution is 6.31. The van der Waals surface area contributed by atoms with Crippen LogP contribution in [0.1, 0.15) is 29.4 Å². The fourth-order valence-corrected chi connectivity index (χ4v) is 2.77. The molecular formula is C19H18ClN3O2. The van der Waals surface area contributed by atoms with Crippen LogP contribution in [0.25, 0.3) is 10.9 Å². The van der Waals surface area contributed by atoms with E-state index in [9.17, 15) is 9.59 Å². The molecular weight excluding hydrogens is 338 g/mol. The lowest BCUT2D eigenvalue weighted by molar-refractivity contribution is 0.103. The highest BCUT2D eigenvalue weighted by Gasteiger charge is 2.20. The summed E-state index contributed by atoms with van der Waals surface area (Å²) in [6.45, 7) is 2.53. The molecule has 0 aliphatic heterocycles. The lowest BCUT2D eigenvalue weighted by Crippen LogP contribution is -2.29. The van der Waals surface area contributed by atoms with Crippen LogP contribution in [0, 0.1) is 0 Å². The first-order valence-electron chi connectivity index (χ1n) is 8.06. The van der Waals surface area contributed by atoms with Crippen molar-refractivity contribution in [1.29, 1.82) is 0 Å². The third-order valence-electron chi connectivity index (χ3n) is 3.80. The van der Waals surface area contributed by atoms with E-state index < -0.39 is 0 Å². The molecule has 25 heavy (non-hydrogen) atoms. The van der Waals surface area contributed by atoms with E-state index >= 15 is 0 Å².